The summed E-state index contributed by atoms with van der Waals surface area (Å²) in [6, 6.07) is -0.889. The third-order valence-electron chi connectivity index (χ3n) is 0.811. The highest BCUT2D eigenvalue weighted by molar-refractivity contribution is 6.21. The van der Waals surface area contributed by atoms with Crippen molar-refractivity contribution < 1.29 is 9.59 Å². The van der Waals surface area contributed by atoms with Gasteiger partial charge in [-0.2, -0.15) is 0 Å². The van der Waals surface area contributed by atoms with E-state index in [9.17, 15) is 9.59 Å². The van der Waals surface area contributed by atoms with Gasteiger partial charge in [-0.3, -0.25) is 14.9 Å². The number of carbonyl (C=O) groups excluding carboxylic acids is 2. The van der Waals surface area contributed by atoms with Gasteiger partial charge in [0.1, 0.15) is 0 Å². The zero-order chi connectivity index (χ0) is 5.44. The Morgan fingerprint density at radius 3 is 1.86 bits per heavy atom. The molecular formula is C3H4N2O2. The van der Waals surface area contributed by atoms with Crippen LogP contribution in [-0.2, 0) is 9.59 Å². The van der Waals surface area contributed by atoms with Crippen LogP contribution in [0.25, 0.3) is 0 Å². The topological polar surface area (TPSA) is 72.2 Å². The molecule has 4 nitrogen and oxygen atoms in total. The molecule has 1 saturated heterocycles. The smallest absolute Gasteiger partial charge is 0.253 e. The van der Waals surface area contributed by atoms with Gasteiger partial charge in [0.25, 0.3) is 11.8 Å². The second kappa shape index (κ2) is 1.04. The highest BCUT2D eigenvalue weighted by atomic mass is 16.2. The second-order valence-electron chi connectivity index (χ2n) is 1.33. The fraction of sp³-hybridized carbons (Fsp3) is 0.333. The number of hydrogen-bond donors (Lipinski definition) is 2. The predicted molar refractivity (Wildman–Crippen MR) is 21.1 cm³/mol. The molecule has 0 radical (unpaired) electrons. The summed E-state index contributed by atoms with van der Waals surface area (Å²) in [5.41, 5.74) is 4.90. The van der Waals surface area contributed by atoms with Crippen molar-refractivity contribution in [2.75, 3.05) is 0 Å². The maximum Gasteiger partial charge on any atom is 0.253 e. The lowest BCUT2D eigenvalue weighted by atomic mass is 10.2. The van der Waals surface area contributed by atoms with Crippen molar-refractivity contribution in [2.24, 2.45) is 5.73 Å². The van der Waals surface area contributed by atoms with Crippen LogP contribution in [0.1, 0.15) is 0 Å². The number of amides is 2. The van der Waals surface area contributed by atoms with Gasteiger partial charge < -0.3 is 5.73 Å². The molecule has 1 fully saturated rings. The zero-order valence-electron chi connectivity index (χ0n) is 3.47. The molecule has 1 rings (SSSR count). The zero-order valence-corrected chi connectivity index (χ0v) is 3.47. The molecule has 1 aliphatic rings. The van der Waals surface area contributed by atoms with Gasteiger partial charge in [-0.05, 0) is 0 Å². The molecule has 0 bridgehead atoms. The van der Waals surface area contributed by atoms with Gasteiger partial charge in [-0.25, -0.2) is 0 Å². The Morgan fingerprint density at radius 1 is 1.43 bits per heavy atom. The number of imide groups is 1. The maximum absolute atomic E-state index is 9.98. The highest BCUT2D eigenvalue weighted by Crippen LogP contribution is 1.89. The van der Waals surface area contributed by atoms with Crippen molar-refractivity contribution in [3.05, 3.63) is 0 Å². The van der Waals surface area contributed by atoms with Gasteiger partial charge in [0.05, 0.1) is 0 Å². The van der Waals surface area contributed by atoms with Crippen LogP contribution < -0.4 is 11.1 Å². The molecule has 1 heterocycles. The first-order valence-electron chi connectivity index (χ1n) is 1.82. The van der Waals surface area contributed by atoms with Gasteiger partial charge >= 0.3 is 0 Å². The Hall–Kier alpha value is -0.900. The molecule has 0 aromatic heterocycles. The average Bonchev–Trinajstić information content (AvgIpc) is 1.68. The average molecular weight is 100 g/mol. The monoisotopic (exact) mass is 100 g/mol. The fourth-order valence-electron chi connectivity index (χ4n) is 0.318. The molecule has 0 saturated carbocycles. The molecule has 4 heteroatoms. The van der Waals surface area contributed by atoms with Crippen LogP contribution in [0.15, 0.2) is 0 Å². The SMILES string of the molecule is NC1C(=O)NC1=O. The summed E-state index contributed by atoms with van der Waals surface area (Å²) in [6.45, 7) is 0. The van der Waals surface area contributed by atoms with Crippen LogP contribution in [0.5, 0.6) is 0 Å². The molecule has 0 aromatic carbocycles. The highest BCUT2D eigenvalue weighted by Gasteiger charge is 2.33. The van der Waals surface area contributed by atoms with Gasteiger partial charge in [-0.1, -0.05) is 0 Å². The van der Waals surface area contributed by atoms with E-state index >= 15 is 0 Å². The van der Waals surface area contributed by atoms with Crippen LogP contribution in [0.3, 0.4) is 0 Å². The van der Waals surface area contributed by atoms with Crippen LogP contribution in [0.4, 0.5) is 0 Å². The van der Waals surface area contributed by atoms with Gasteiger partial charge in [0, 0.05) is 0 Å². The summed E-state index contributed by atoms with van der Waals surface area (Å²) in [6.07, 6.45) is 0. The van der Waals surface area contributed by atoms with E-state index in [1.54, 1.807) is 0 Å². The molecule has 38 valence electrons. The summed E-state index contributed by atoms with van der Waals surface area (Å²) < 4.78 is 0. The molecule has 0 spiro atoms. The number of carbonyl (C=O) groups is 2. The molecule has 1 aliphatic heterocycles. The van der Waals surface area contributed by atoms with Crippen molar-refractivity contribution in [1.82, 2.24) is 5.32 Å². The van der Waals surface area contributed by atoms with Gasteiger partial charge in [0.2, 0.25) is 0 Å². The lowest BCUT2D eigenvalue weighted by Gasteiger charge is -2.18. The van der Waals surface area contributed by atoms with E-state index in [2.05, 4.69) is 0 Å². The molecule has 0 atom stereocenters. The lowest BCUT2D eigenvalue weighted by molar-refractivity contribution is -0.143. The fourth-order valence-corrected chi connectivity index (χ4v) is 0.318. The van der Waals surface area contributed by atoms with Crippen LogP contribution >= 0.6 is 0 Å². The Kier molecular flexibility index (Phi) is 0.631. The molecule has 0 aromatic rings. The molecule has 0 unspecified atom stereocenters. The summed E-state index contributed by atoms with van der Waals surface area (Å²) in [4.78, 5) is 20.0. The minimum absolute atomic E-state index is 0.384. The molecular weight excluding hydrogens is 96.0 g/mol. The van der Waals surface area contributed by atoms with Crippen LogP contribution in [0, 0.1) is 0 Å². The van der Waals surface area contributed by atoms with E-state index in [0.29, 0.717) is 0 Å². The summed E-state index contributed by atoms with van der Waals surface area (Å²) in [7, 11) is 0. The second-order valence-corrected chi connectivity index (χ2v) is 1.33. The number of β-lactam (4-membered cyclic amide) rings is 2. The standard InChI is InChI=1S/C3H4N2O2/c4-1-2(6)5-3(1)7/h1H,4H2,(H,5,6,7). The number of hydrogen-bond acceptors (Lipinski definition) is 3. The first kappa shape index (κ1) is 4.26. The summed E-state index contributed by atoms with van der Waals surface area (Å²) in [5, 5.41) is 1.95. The number of rotatable bonds is 0. The summed E-state index contributed by atoms with van der Waals surface area (Å²) >= 11 is 0. The first-order chi connectivity index (χ1) is 3.22. The minimum Gasteiger partial charge on any atom is -0.312 e. The normalized spacial score (nSPS) is 21.3. The predicted octanol–water partition coefficient (Wildman–Crippen LogP) is -2.03. The Balaban J connectivity index is 2.59. The van der Waals surface area contributed by atoms with Crippen molar-refractivity contribution in [3.63, 3.8) is 0 Å². The van der Waals surface area contributed by atoms with Crippen LogP contribution in [-0.4, -0.2) is 17.9 Å². The Labute approximate surface area is 39.7 Å². The first-order valence-corrected chi connectivity index (χ1v) is 1.82. The molecule has 3 N–H and O–H groups in total. The molecule has 7 heavy (non-hydrogen) atoms. The van der Waals surface area contributed by atoms with E-state index < -0.39 is 6.04 Å². The van der Waals surface area contributed by atoms with E-state index in [-0.39, 0.29) is 11.8 Å². The third-order valence-corrected chi connectivity index (χ3v) is 0.811. The van der Waals surface area contributed by atoms with Gasteiger partial charge in [-0.15, -0.1) is 0 Å². The molecule has 0 aliphatic carbocycles. The van der Waals surface area contributed by atoms with Crippen molar-refractivity contribution >= 4 is 11.8 Å². The van der Waals surface area contributed by atoms with E-state index in [0.717, 1.165) is 0 Å². The van der Waals surface area contributed by atoms with E-state index in [4.69, 9.17) is 5.73 Å². The lowest BCUT2D eigenvalue weighted by Crippen LogP contribution is -2.63. The van der Waals surface area contributed by atoms with Crippen LogP contribution in [0.2, 0.25) is 0 Å². The van der Waals surface area contributed by atoms with Crippen molar-refractivity contribution in [1.29, 1.82) is 0 Å². The third kappa shape index (κ3) is 0.398. The Bertz CT molecular complexity index is 117. The van der Waals surface area contributed by atoms with E-state index in [1.807, 2.05) is 5.32 Å². The van der Waals surface area contributed by atoms with Crippen molar-refractivity contribution in [2.45, 2.75) is 6.04 Å². The quantitative estimate of drug-likeness (QED) is 0.272. The minimum atomic E-state index is -0.889. The number of nitrogens with two attached hydrogens (primary N) is 1. The largest absolute Gasteiger partial charge is 0.312 e. The van der Waals surface area contributed by atoms with E-state index in [1.165, 1.54) is 0 Å². The van der Waals surface area contributed by atoms with Gasteiger partial charge in [0.15, 0.2) is 6.04 Å². The summed E-state index contributed by atoms with van der Waals surface area (Å²) in [5.74, 6) is -0.769. The Morgan fingerprint density at radius 2 is 1.86 bits per heavy atom. The van der Waals surface area contributed by atoms with Crippen molar-refractivity contribution in [3.8, 4) is 0 Å². The molecule has 2 amide bonds. The number of nitrogens with one attached hydrogen (secondary N) is 1. The maximum atomic E-state index is 9.98.